The Balaban J connectivity index is 2.49. The summed E-state index contributed by atoms with van der Waals surface area (Å²) in [6.45, 7) is 0. The minimum atomic E-state index is -1.18. The van der Waals surface area contributed by atoms with E-state index < -0.39 is 11.9 Å². The molecule has 1 atom stereocenters. The fourth-order valence-electron chi connectivity index (χ4n) is 1.67. The van der Waals surface area contributed by atoms with E-state index in [1.165, 1.54) is 4.90 Å². The van der Waals surface area contributed by atoms with Gasteiger partial charge in [0.1, 0.15) is 0 Å². The van der Waals surface area contributed by atoms with Gasteiger partial charge in [0, 0.05) is 7.05 Å². The van der Waals surface area contributed by atoms with E-state index in [4.69, 9.17) is 5.11 Å². The topological polar surface area (TPSA) is 73.1 Å². The van der Waals surface area contributed by atoms with Crippen LogP contribution >= 0.6 is 0 Å². The van der Waals surface area contributed by atoms with Crippen molar-refractivity contribution in [1.82, 2.24) is 4.90 Å². The van der Waals surface area contributed by atoms with Gasteiger partial charge in [-0.2, -0.15) is 0 Å². The Kier molecular flexibility index (Phi) is 2.07. The number of nitrogens with zero attached hydrogens (tertiary/aromatic N) is 2. The number of hydrogen-bond acceptors (Lipinski definition) is 4. The summed E-state index contributed by atoms with van der Waals surface area (Å²) in [5, 5.41) is 18.4. The molecule has 0 spiro atoms. The van der Waals surface area contributed by atoms with Crippen LogP contribution in [0.1, 0.15) is 0 Å². The number of carboxylic acids is 1. The van der Waals surface area contributed by atoms with Gasteiger partial charge in [0.15, 0.2) is 5.70 Å². The third-order valence-electron chi connectivity index (χ3n) is 2.39. The first-order chi connectivity index (χ1) is 7.11. The molecule has 0 fully saturated rings. The van der Waals surface area contributed by atoms with E-state index in [1.54, 1.807) is 19.2 Å². The van der Waals surface area contributed by atoms with Crippen molar-refractivity contribution in [2.24, 2.45) is 4.99 Å². The zero-order valence-corrected chi connectivity index (χ0v) is 8.08. The van der Waals surface area contributed by atoms with Crippen molar-refractivity contribution in [3.63, 3.8) is 0 Å². The number of aliphatic hydroxyl groups is 1. The van der Waals surface area contributed by atoms with Crippen molar-refractivity contribution >= 4 is 11.7 Å². The standard InChI is InChI=1S/C10H10N2O3/c1-12-7-5-3-2-4-6(7)11-9(13)8(12)10(14)15/h2-5,7,13H,1H3,(H,14,15). The Bertz CT molecular complexity index is 432. The van der Waals surface area contributed by atoms with E-state index in [9.17, 15) is 9.90 Å². The van der Waals surface area contributed by atoms with Gasteiger partial charge in [-0.3, -0.25) is 0 Å². The first-order valence-electron chi connectivity index (χ1n) is 4.44. The number of aliphatic imine (C=N–C) groups is 1. The Morgan fingerprint density at radius 3 is 2.93 bits per heavy atom. The van der Waals surface area contributed by atoms with Crippen LogP contribution in [0.2, 0.25) is 0 Å². The van der Waals surface area contributed by atoms with Crippen LogP contribution < -0.4 is 0 Å². The highest BCUT2D eigenvalue weighted by molar-refractivity contribution is 6.04. The molecule has 0 saturated carbocycles. The van der Waals surface area contributed by atoms with Crippen molar-refractivity contribution in [3.8, 4) is 0 Å². The highest BCUT2D eigenvalue weighted by Crippen LogP contribution is 2.22. The molecule has 2 rings (SSSR count). The molecule has 0 aromatic rings. The molecule has 1 unspecified atom stereocenters. The van der Waals surface area contributed by atoms with E-state index in [2.05, 4.69) is 4.99 Å². The summed E-state index contributed by atoms with van der Waals surface area (Å²) in [5.41, 5.74) is 0.464. The molecule has 2 N–H and O–H groups in total. The fourth-order valence-corrected chi connectivity index (χ4v) is 1.67. The number of aliphatic carboxylic acids is 1. The monoisotopic (exact) mass is 206 g/mol. The summed E-state index contributed by atoms with van der Waals surface area (Å²) in [4.78, 5) is 16.2. The molecule has 0 aromatic heterocycles. The summed E-state index contributed by atoms with van der Waals surface area (Å²) in [6.07, 6.45) is 7.19. The average molecular weight is 206 g/mol. The molecule has 1 aliphatic heterocycles. The molecule has 5 nitrogen and oxygen atoms in total. The van der Waals surface area contributed by atoms with Gasteiger partial charge in [0.05, 0.1) is 11.8 Å². The minimum absolute atomic E-state index is 0.177. The van der Waals surface area contributed by atoms with E-state index >= 15 is 0 Å². The van der Waals surface area contributed by atoms with Gasteiger partial charge < -0.3 is 15.1 Å². The maximum absolute atomic E-state index is 10.9. The van der Waals surface area contributed by atoms with Crippen LogP contribution in [0, 0.1) is 0 Å². The number of allylic oxidation sites excluding steroid dienone is 2. The largest absolute Gasteiger partial charge is 0.492 e. The van der Waals surface area contributed by atoms with Gasteiger partial charge in [-0.1, -0.05) is 18.2 Å². The van der Waals surface area contributed by atoms with E-state index in [-0.39, 0.29) is 11.7 Å². The predicted molar refractivity (Wildman–Crippen MR) is 54.6 cm³/mol. The van der Waals surface area contributed by atoms with Gasteiger partial charge in [-0.15, -0.1) is 0 Å². The average Bonchev–Trinajstić information content (AvgIpc) is 2.17. The highest BCUT2D eigenvalue weighted by Gasteiger charge is 2.31. The Hall–Kier alpha value is -2.04. The lowest BCUT2D eigenvalue weighted by atomic mass is 10.0. The SMILES string of the molecule is CN1C(C(=O)O)=C(O)N=C2C=CC=CC21. The lowest BCUT2D eigenvalue weighted by Gasteiger charge is -2.32. The third kappa shape index (κ3) is 1.41. The van der Waals surface area contributed by atoms with Crippen molar-refractivity contribution in [2.75, 3.05) is 7.05 Å². The van der Waals surface area contributed by atoms with E-state index in [1.807, 2.05) is 12.2 Å². The van der Waals surface area contributed by atoms with Gasteiger partial charge in [0.2, 0.25) is 5.88 Å². The van der Waals surface area contributed by atoms with Crippen LogP contribution in [0.3, 0.4) is 0 Å². The number of carbonyl (C=O) groups is 1. The first-order valence-corrected chi connectivity index (χ1v) is 4.44. The van der Waals surface area contributed by atoms with Crippen LogP contribution in [0.5, 0.6) is 0 Å². The number of aliphatic hydroxyl groups excluding tert-OH is 1. The summed E-state index contributed by atoms with van der Waals surface area (Å²) in [7, 11) is 1.61. The van der Waals surface area contributed by atoms with Gasteiger partial charge in [-0.25, -0.2) is 9.79 Å². The van der Waals surface area contributed by atoms with E-state index in [0.29, 0.717) is 5.71 Å². The molecule has 0 radical (unpaired) electrons. The van der Waals surface area contributed by atoms with Gasteiger partial charge >= 0.3 is 5.97 Å². The van der Waals surface area contributed by atoms with Crippen LogP contribution in [0.4, 0.5) is 0 Å². The lowest BCUT2D eigenvalue weighted by Crippen LogP contribution is -2.42. The molecule has 15 heavy (non-hydrogen) atoms. The molecule has 0 amide bonds. The second kappa shape index (κ2) is 3.27. The Morgan fingerprint density at radius 2 is 2.27 bits per heavy atom. The molecule has 1 aliphatic carbocycles. The molecular weight excluding hydrogens is 196 g/mol. The summed E-state index contributed by atoms with van der Waals surface area (Å²) >= 11 is 0. The van der Waals surface area contributed by atoms with Crippen molar-refractivity contribution in [2.45, 2.75) is 6.04 Å². The quantitative estimate of drug-likeness (QED) is 0.661. The third-order valence-corrected chi connectivity index (χ3v) is 2.39. The fraction of sp³-hybridized carbons (Fsp3) is 0.200. The molecule has 5 heteroatoms. The number of likely N-dealkylation sites (N-methyl/N-ethyl adjacent to an activating group) is 1. The van der Waals surface area contributed by atoms with Gasteiger partial charge in [-0.05, 0) is 6.08 Å². The van der Waals surface area contributed by atoms with Gasteiger partial charge in [0.25, 0.3) is 0 Å². The van der Waals surface area contributed by atoms with Crippen molar-refractivity contribution in [3.05, 3.63) is 35.9 Å². The highest BCUT2D eigenvalue weighted by atomic mass is 16.4. The van der Waals surface area contributed by atoms with Crippen LogP contribution in [-0.4, -0.2) is 39.9 Å². The first kappa shape index (κ1) is 9.51. The van der Waals surface area contributed by atoms with Crippen molar-refractivity contribution < 1.29 is 15.0 Å². The second-order valence-electron chi connectivity index (χ2n) is 3.31. The van der Waals surface area contributed by atoms with Crippen LogP contribution in [0.15, 0.2) is 40.9 Å². The number of fused-ring (bicyclic) bond motifs is 1. The summed E-state index contributed by atoms with van der Waals surface area (Å²) < 4.78 is 0. The molecule has 2 aliphatic rings. The lowest BCUT2D eigenvalue weighted by molar-refractivity contribution is -0.134. The molecule has 78 valence electrons. The Morgan fingerprint density at radius 1 is 1.53 bits per heavy atom. The maximum Gasteiger partial charge on any atom is 0.357 e. The summed E-state index contributed by atoms with van der Waals surface area (Å²) in [5.74, 6) is -1.63. The number of rotatable bonds is 1. The van der Waals surface area contributed by atoms with Crippen LogP contribution in [-0.2, 0) is 4.79 Å². The molecular formula is C10H10N2O3. The maximum atomic E-state index is 10.9. The van der Waals surface area contributed by atoms with Crippen LogP contribution in [0.25, 0.3) is 0 Å². The second-order valence-corrected chi connectivity index (χ2v) is 3.31. The Labute approximate surface area is 86.3 Å². The summed E-state index contributed by atoms with van der Waals surface area (Å²) in [6, 6.07) is -0.211. The molecule has 1 heterocycles. The normalized spacial score (nSPS) is 23.9. The number of carboxylic acid groups (broad SMARTS) is 1. The zero-order chi connectivity index (χ0) is 11.0. The molecule has 0 bridgehead atoms. The molecule has 0 aromatic carbocycles. The van der Waals surface area contributed by atoms with Crippen molar-refractivity contribution in [1.29, 1.82) is 0 Å². The minimum Gasteiger partial charge on any atom is -0.492 e. The van der Waals surface area contributed by atoms with E-state index in [0.717, 1.165) is 0 Å². The number of hydrogen-bond donors (Lipinski definition) is 2. The smallest absolute Gasteiger partial charge is 0.357 e. The predicted octanol–water partition coefficient (Wildman–Crippen LogP) is 0.679. The molecule has 0 saturated heterocycles. The zero-order valence-electron chi connectivity index (χ0n) is 8.08.